The van der Waals surface area contributed by atoms with Crippen LogP contribution in [0.4, 0.5) is 0 Å². The average Bonchev–Trinajstić information content (AvgIpc) is 2.75. The Bertz CT molecular complexity index is 397. The van der Waals surface area contributed by atoms with Crippen LogP contribution in [0.15, 0.2) is 0 Å². The maximum Gasteiger partial charge on any atom is 0.306 e. The molecule has 30 heavy (non-hydrogen) atoms. The first-order valence-corrected chi connectivity index (χ1v) is 12.6. The number of ether oxygens (including phenoxy) is 2. The molecule has 0 saturated heterocycles. The van der Waals surface area contributed by atoms with Gasteiger partial charge in [0.05, 0.1) is 6.61 Å². The normalized spacial score (nSPS) is 12.0. The van der Waals surface area contributed by atoms with Gasteiger partial charge in [-0.1, -0.05) is 110 Å². The molecule has 0 fully saturated rings. The van der Waals surface area contributed by atoms with Crippen molar-refractivity contribution in [3.05, 3.63) is 0 Å². The van der Waals surface area contributed by atoms with Gasteiger partial charge in [-0.25, -0.2) is 0 Å². The maximum atomic E-state index is 11.8. The Kier molecular flexibility index (Phi) is 21.8. The predicted molar refractivity (Wildman–Crippen MR) is 122 cm³/mol. The predicted octanol–water partition coefficient (Wildman–Crippen LogP) is 6.50. The highest BCUT2D eigenvalue weighted by atomic mass is 16.6. The lowest BCUT2D eigenvalue weighted by Gasteiger charge is -2.15. The van der Waals surface area contributed by atoms with Crippen molar-refractivity contribution >= 4 is 11.9 Å². The van der Waals surface area contributed by atoms with Crippen LogP contribution in [0.25, 0.3) is 0 Å². The van der Waals surface area contributed by atoms with E-state index in [0.29, 0.717) is 6.42 Å². The number of esters is 2. The van der Waals surface area contributed by atoms with Gasteiger partial charge < -0.3 is 14.6 Å². The van der Waals surface area contributed by atoms with Crippen LogP contribution in [-0.4, -0.2) is 36.4 Å². The van der Waals surface area contributed by atoms with Crippen LogP contribution in [0.2, 0.25) is 0 Å². The number of aliphatic hydroxyl groups is 1. The summed E-state index contributed by atoms with van der Waals surface area (Å²) in [5, 5.41) is 9.20. The average molecular weight is 429 g/mol. The number of carbonyl (C=O) groups excluding carboxylic acids is 2. The highest BCUT2D eigenvalue weighted by molar-refractivity contribution is 5.70. The third kappa shape index (κ3) is 20.2. The molecule has 0 aliphatic heterocycles. The molecular weight excluding hydrogens is 380 g/mol. The van der Waals surface area contributed by atoms with Crippen molar-refractivity contribution < 1.29 is 24.2 Å². The van der Waals surface area contributed by atoms with E-state index >= 15 is 0 Å². The highest BCUT2D eigenvalue weighted by Crippen LogP contribution is 2.14. The number of carbonyl (C=O) groups is 2. The van der Waals surface area contributed by atoms with E-state index < -0.39 is 6.10 Å². The summed E-state index contributed by atoms with van der Waals surface area (Å²) >= 11 is 0. The molecule has 0 heterocycles. The van der Waals surface area contributed by atoms with E-state index in [9.17, 15) is 14.7 Å². The van der Waals surface area contributed by atoms with Gasteiger partial charge in [0.2, 0.25) is 0 Å². The lowest BCUT2D eigenvalue weighted by atomic mass is 10.0. The van der Waals surface area contributed by atoms with Gasteiger partial charge in [-0.3, -0.25) is 9.59 Å². The first-order chi connectivity index (χ1) is 14.6. The van der Waals surface area contributed by atoms with Gasteiger partial charge in [0.25, 0.3) is 0 Å². The molecule has 0 aromatic heterocycles. The zero-order chi connectivity index (χ0) is 22.3. The highest BCUT2D eigenvalue weighted by Gasteiger charge is 2.15. The quantitative estimate of drug-likeness (QED) is 0.157. The molecular formula is C25H48O5. The van der Waals surface area contributed by atoms with E-state index in [2.05, 4.69) is 6.92 Å². The summed E-state index contributed by atoms with van der Waals surface area (Å²) < 4.78 is 10.1. The molecule has 5 heteroatoms. The standard InChI is InChI=1S/C25H48O5/c1-3-5-6-7-8-9-10-11-12-13-14-15-16-17-18-19-20-25(28)30-23(21-26)22-29-24(27)4-2/h23,26H,3-22H2,1-2H3. The lowest BCUT2D eigenvalue weighted by Crippen LogP contribution is -2.28. The van der Waals surface area contributed by atoms with Crippen LogP contribution in [0, 0.1) is 0 Å². The first-order valence-electron chi connectivity index (χ1n) is 12.6. The molecule has 1 unspecified atom stereocenters. The number of aliphatic hydroxyl groups excluding tert-OH is 1. The Morgan fingerprint density at radius 2 is 1.10 bits per heavy atom. The Labute approximate surface area is 185 Å². The van der Waals surface area contributed by atoms with Crippen molar-refractivity contribution in [3.8, 4) is 0 Å². The van der Waals surface area contributed by atoms with E-state index in [1.807, 2.05) is 0 Å². The summed E-state index contributed by atoms with van der Waals surface area (Å²) in [6.45, 7) is 3.55. The smallest absolute Gasteiger partial charge is 0.306 e. The summed E-state index contributed by atoms with van der Waals surface area (Å²) in [4.78, 5) is 22.9. The minimum absolute atomic E-state index is 0.0755. The fourth-order valence-corrected chi connectivity index (χ4v) is 3.47. The molecule has 0 bridgehead atoms. The topological polar surface area (TPSA) is 72.8 Å². The van der Waals surface area contributed by atoms with Crippen molar-refractivity contribution in [1.82, 2.24) is 0 Å². The molecule has 0 radical (unpaired) electrons. The van der Waals surface area contributed by atoms with Crippen LogP contribution in [0.5, 0.6) is 0 Å². The fraction of sp³-hybridized carbons (Fsp3) is 0.920. The lowest BCUT2D eigenvalue weighted by molar-refractivity contribution is -0.161. The second-order valence-corrected chi connectivity index (χ2v) is 8.38. The number of hydrogen-bond acceptors (Lipinski definition) is 5. The summed E-state index contributed by atoms with van der Waals surface area (Å²) in [7, 11) is 0. The van der Waals surface area contributed by atoms with Crippen LogP contribution in [0.3, 0.4) is 0 Å². The maximum absolute atomic E-state index is 11.8. The van der Waals surface area contributed by atoms with Crippen molar-refractivity contribution in [3.63, 3.8) is 0 Å². The zero-order valence-electron chi connectivity index (χ0n) is 19.8. The van der Waals surface area contributed by atoms with E-state index in [4.69, 9.17) is 9.47 Å². The van der Waals surface area contributed by atoms with Gasteiger partial charge >= 0.3 is 11.9 Å². The fourth-order valence-electron chi connectivity index (χ4n) is 3.47. The molecule has 1 N–H and O–H groups in total. The van der Waals surface area contributed by atoms with Crippen LogP contribution < -0.4 is 0 Å². The molecule has 0 saturated carbocycles. The van der Waals surface area contributed by atoms with Crippen LogP contribution in [0.1, 0.15) is 129 Å². The van der Waals surface area contributed by atoms with Gasteiger partial charge in [0, 0.05) is 12.8 Å². The molecule has 0 amide bonds. The second kappa shape index (κ2) is 22.6. The van der Waals surface area contributed by atoms with Gasteiger partial charge in [-0.2, -0.15) is 0 Å². The minimum atomic E-state index is -0.756. The van der Waals surface area contributed by atoms with E-state index in [-0.39, 0.29) is 31.6 Å². The number of hydrogen-bond donors (Lipinski definition) is 1. The van der Waals surface area contributed by atoms with E-state index in [1.54, 1.807) is 6.92 Å². The van der Waals surface area contributed by atoms with Gasteiger partial charge in [-0.15, -0.1) is 0 Å². The van der Waals surface area contributed by atoms with Gasteiger partial charge in [-0.05, 0) is 6.42 Å². The summed E-state index contributed by atoms with van der Waals surface area (Å²) in [6.07, 6.45) is 20.6. The molecule has 5 nitrogen and oxygen atoms in total. The first kappa shape index (κ1) is 28.9. The molecule has 0 aliphatic carbocycles. The van der Waals surface area contributed by atoms with E-state index in [1.165, 1.54) is 83.5 Å². The molecule has 0 spiro atoms. The van der Waals surface area contributed by atoms with Crippen molar-refractivity contribution in [1.29, 1.82) is 0 Å². The summed E-state index contributed by atoms with van der Waals surface area (Å²) in [6, 6.07) is 0. The second-order valence-electron chi connectivity index (χ2n) is 8.38. The molecule has 178 valence electrons. The van der Waals surface area contributed by atoms with Gasteiger partial charge in [0.1, 0.15) is 6.61 Å². The molecule has 0 aliphatic rings. The number of rotatable bonds is 22. The van der Waals surface area contributed by atoms with Crippen molar-refractivity contribution in [2.24, 2.45) is 0 Å². The Morgan fingerprint density at radius 1 is 0.667 bits per heavy atom. The van der Waals surface area contributed by atoms with Crippen molar-refractivity contribution in [2.75, 3.05) is 13.2 Å². The third-order valence-electron chi connectivity index (χ3n) is 5.46. The Morgan fingerprint density at radius 3 is 1.50 bits per heavy atom. The largest absolute Gasteiger partial charge is 0.462 e. The van der Waals surface area contributed by atoms with Gasteiger partial charge in [0.15, 0.2) is 6.10 Å². The van der Waals surface area contributed by atoms with E-state index in [0.717, 1.165) is 19.3 Å². The van der Waals surface area contributed by atoms with Crippen molar-refractivity contribution in [2.45, 2.75) is 136 Å². The summed E-state index contributed by atoms with van der Waals surface area (Å²) in [5.74, 6) is -0.686. The Balaban J connectivity index is 3.36. The molecule has 0 aromatic carbocycles. The molecule has 0 rings (SSSR count). The molecule has 1 atom stereocenters. The SMILES string of the molecule is CCCCCCCCCCCCCCCCCCC(=O)OC(CO)COC(=O)CC. The Hall–Kier alpha value is -1.10. The monoisotopic (exact) mass is 428 g/mol. The summed E-state index contributed by atoms with van der Waals surface area (Å²) in [5.41, 5.74) is 0. The number of unbranched alkanes of at least 4 members (excludes halogenated alkanes) is 15. The zero-order valence-corrected chi connectivity index (χ0v) is 19.8. The van der Waals surface area contributed by atoms with Crippen LogP contribution >= 0.6 is 0 Å². The third-order valence-corrected chi connectivity index (χ3v) is 5.46. The molecule has 0 aromatic rings. The van der Waals surface area contributed by atoms with Crippen LogP contribution in [-0.2, 0) is 19.1 Å². The minimum Gasteiger partial charge on any atom is -0.462 e.